The van der Waals surface area contributed by atoms with Gasteiger partial charge >= 0.3 is 0 Å². The molecule has 2 aromatic carbocycles. The molecule has 1 aliphatic rings. The summed E-state index contributed by atoms with van der Waals surface area (Å²) in [7, 11) is -1.25. The van der Waals surface area contributed by atoms with E-state index < -0.39 is 22.6 Å². The van der Waals surface area contributed by atoms with Crippen molar-refractivity contribution in [1.82, 2.24) is 19.6 Å². The number of anilines is 2. The van der Waals surface area contributed by atoms with Gasteiger partial charge in [0.2, 0.25) is 6.30 Å². The van der Waals surface area contributed by atoms with Crippen LogP contribution in [0.5, 0.6) is 0 Å². The molecule has 5 rings (SSSR count). The second kappa shape index (κ2) is 10.9. The third kappa shape index (κ3) is 5.88. The Morgan fingerprint density at radius 2 is 1.82 bits per heavy atom. The van der Waals surface area contributed by atoms with Crippen LogP contribution in [0.3, 0.4) is 0 Å². The summed E-state index contributed by atoms with van der Waals surface area (Å²) in [5, 5.41) is 11.0. The molecule has 3 heterocycles. The molecule has 0 bridgehead atoms. The van der Waals surface area contributed by atoms with Crippen LogP contribution in [0, 0.1) is 0 Å². The summed E-state index contributed by atoms with van der Waals surface area (Å²) in [5.41, 5.74) is 1.68. The van der Waals surface area contributed by atoms with Gasteiger partial charge < -0.3 is 24.6 Å². The first-order valence-corrected chi connectivity index (χ1v) is 14.4. The van der Waals surface area contributed by atoms with E-state index in [1.807, 2.05) is 6.07 Å². The third-order valence-corrected chi connectivity index (χ3v) is 7.96. The first-order valence-electron chi connectivity index (χ1n) is 12.5. The highest BCUT2D eigenvalue weighted by Gasteiger charge is 2.29. The fourth-order valence-corrected chi connectivity index (χ4v) is 5.35. The van der Waals surface area contributed by atoms with Crippen molar-refractivity contribution in [2.75, 3.05) is 37.0 Å². The number of fused-ring (bicyclic) bond motifs is 1. The predicted molar refractivity (Wildman–Crippen MR) is 142 cm³/mol. The number of sulfone groups is 1. The molecule has 1 saturated heterocycles. The minimum atomic E-state index is -3.32. The highest BCUT2D eigenvalue weighted by atomic mass is 32.2. The maximum atomic E-state index is 14.9. The van der Waals surface area contributed by atoms with E-state index in [1.54, 1.807) is 30.3 Å². The number of benzene rings is 2. The number of likely N-dealkylation sites (tertiary alicyclic amines) is 1. The molecule has 9 nitrogen and oxygen atoms in total. The summed E-state index contributed by atoms with van der Waals surface area (Å²) in [6.07, 6.45) is -2.89. The minimum Gasteiger partial charge on any atom is -0.382 e. The van der Waals surface area contributed by atoms with E-state index in [0.717, 1.165) is 42.4 Å². The van der Waals surface area contributed by atoms with Crippen molar-refractivity contribution in [2.24, 2.45) is 0 Å². The highest BCUT2D eigenvalue weighted by Crippen LogP contribution is 2.37. The van der Waals surface area contributed by atoms with Gasteiger partial charge in [0.1, 0.15) is 5.69 Å². The molecular formula is C26H29F3N6O3S. The molecule has 1 fully saturated rings. The number of hydrogen-bond acceptors (Lipinski definition) is 8. The summed E-state index contributed by atoms with van der Waals surface area (Å²) in [4.78, 5) is 6.74. The van der Waals surface area contributed by atoms with Crippen LogP contribution in [0.1, 0.15) is 25.0 Å². The maximum absolute atomic E-state index is 14.9. The number of nitrogens with zero attached hydrogens (tertiary/aromatic N) is 4. The van der Waals surface area contributed by atoms with Crippen molar-refractivity contribution in [3.8, 4) is 11.6 Å². The van der Waals surface area contributed by atoms with E-state index in [9.17, 15) is 21.6 Å². The Balaban J connectivity index is 1.42. The van der Waals surface area contributed by atoms with Crippen molar-refractivity contribution in [3.05, 3.63) is 54.4 Å². The fraction of sp³-hybridized carbons (Fsp3) is 0.385. The zero-order valence-electron chi connectivity index (χ0n) is 21.4. The Hall–Kier alpha value is -3.58. The van der Waals surface area contributed by atoms with Crippen LogP contribution < -0.4 is 10.6 Å². The van der Waals surface area contributed by atoms with Gasteiger partial charge in [0.15, 0.2) is 15.7 Å². The first-order chi connectivity index (χ1) is 18.6. The smallest absolute Gasteiger partial charge is 0.288 e. The number of aromatic nitrogens is 3. The zero-order chi connectivity index (χ0) is 27.7. The van der Waals surface area contributed by atoms with Crippen LogP contribution >= 0.6 is 0 Å². The van der Waals surface area contributed by atoms with E-state index in [4.69, 9.17) is 4.52 Å². The van der Waals surface area contributed by atoms with E-state index >= 15 is 0 Å². The number of piperidine rings is 1. The number of nitrogens with one attached hydrogen (secondary N) is 2. The van der Waals surface area contributed by atoms with Gasteiger partial charge in [0, 0.05) is 29.1 Å². The summed E-state index contributed by atoms with van der Waals surface area (Å²) >= 11 is 0. The number of hydrogen-bond donors (Lipinski definition) is 2. The van der Waals surface area contributed by atoms with Crippen molar-refractivity contribution >= 4 is 32.1 Å². The average Bonchev–Trinajstić information content (AvgIpc) is 3.53. The van der Waals surface area contributed by atoms with Gasteiger partial charge in [-0.1, -0.05) is 11.2 Å². The lowest BCUT2D eigenvalue weighted by molar-refractivity contribution is 0.0113. The summed E-state index contributed by atoms with van der Waals surface area (Å²) in [6.45, 7) is 2.00. The van der Waals surface area contributed by atoms with Crippen LogP contribution in [-0.4, -0.2) is 66.9 Å². The molecule has 0 spiro atoms. The minimum absolute atomic E-state index is 0.0479. The quantitative estimate of drug-likeness (QED) is 0.295. The second-order valence-electron chi connectivity index (χ2n) is 9.73. The van der Waals surface area contributed by atoms with Crippen molar-refractivity contribution < 1.29 is 26.1 Å². The molecule has 0 radical (unpaired) electrons. The number of halogens is 3. The molecule has 1 atom stereocenters. The molecule has 1 aliphatic heterocycles. The van der Waals surface area contributed by atoms with Crippen LogP contribution in [0.4, 0.5) is 24.5 Å². The van der Waals surface area contributed by atoms with Gasteiger partial charge in [-0.25, -0.2) is 21.6 Å². The molecule has 208 valence electrons. The Morgan fingerprint density at radius 1 is 1.10 bits per heavy atom. The lowest BCUT2D eigenvalue weighted by atomic mass is 10.0. The Kier molecular flexibility index (Phi) is 7.54. The summed E-state index contributed by atoms with van der Waals surface area (Å²) < 4.78 is 71.7. The highest BCUT2D eigenvalue weighted by molar-refractivity contribution is 7.90. The maximum Gasteiger partial charge on any atom is 0.288 e. The fourth-order valence-electron chi connectivity index (χ4n) is 4.72. The third-order valence-electron chi connectivity index (χ3n) is 6.84. The lowest BCUT2D eigenvalue weighted by Crippen LogP contribution is -2.36. The van der Waals surface area contributed by atoms with E-state index in [0.29, 0.717) is 16.6 Å². The molecule has 2 aromatic heterocycles. The molecule has 4 aromatic rings. The van der Waals surface area contributed by atoms with Gasteiger partial charge in [0.25, 0.3) is 12.3 Å². The molecule has 39 heavy (non-hydrogen) atoms. The van der Waals surface area contributed by atoms with Gasteiger partial charge in [-0.15, -0.1) is 0 Å². The summed E-state index contributed by atoms with van der Waals surface area (Å²) in [5.74, 6) is 0.120. The standard InChI is InChI=1S/C26H29F3N6O3S/c1-34-12-10-17(11-13-34)31-20-4-3-5-21-19(20)14-22(35(21)25(29)24(27)28)26-32-23(33-38-26)15-30-16-6-8-18(9-7-16)39(2,36)37/h3-9,14,17,24-25,30-31H,10-13,15H2,1-2H3. The van der Waals surface area contributed by atoms with Gasteiger partial charge in [0.05, 0.1) is 17.0 Å². The molecule has 0 aliphatic carbocycles. The molecule has 13 heteroatoms. The molecule has 0 saturated carbocycles. The van der Waals surface area contributed by atoms with E-state index in [2.05, 4.69) is 32.7 Å². The Morgan fingerprint density at radius 3 is 2.49 bits per heavy atom. The molecule has 1 unspecified atom stereocenters. The normalized spacial score (nSPS) is 16.2. The second-order valence-corrected chi connectivity index (χ2v) is 11.7. The largest absolute Gasteiger partial charge is 0.382 e. The van der Waals surface area contributed by atoms with Crippen molar-refractivity contribution in [1.29, 1.82) is 0 Å². The van der Waals surface area contributed by atoms with Crippen molar-refractivity contribution in [2.45, 2.75) is 43.0 Å². The molecular weight excluding hydrogens is 533 g/mol. The lowest BCUT2D eigenvalue weighted by Gasteiger charge is -2.30. The number of alkyl halides is 3. The first kappa shape index (κ1) is 27.0. The predicted octanol–water partition coefficient (Wildman–Crippen LogP) is 4.95. The number of rotatable bonds is 9. The van der Waals surface area contributed by atoms with E-state index in [-0.39, 0.29) is 34.9 Å². The Bertz CT molecular complexity index is 1550. The average molecular weight is 563 g/mol. The van der Waals surface area contributed by atoms with Crippen molar-refractivity contribution in [3.63, 3.8) is 0 Å². The summed E-state index contributed by atoms with van der Waals surface area (Å²) in [6, 6.07) is 13.1. The van der Waals surface area contributed by atoms with Crippen LogP contribution in [0.15, 0.2) is 57.9 Å². The van der Waals surface area contributed by atoms with Crippen LogP contribution in [0.25, 0.3) is 22.5 Å². The zero-order valence-corrected chi connectivity index (χ0v) is 22.3. The Labute approximate surface area is 223 Å². The monoisotopic (exact) mass is 562 g/mol. The topological polar surface area (TPSA) is 105 Å². The van der Waals surface area contributed by atoms with Crippen LogP contribution in [0.2, 0.25) is 0 Å². The van der Waals surface area contributed by atoms with Crippen LogP contribution in [-0.2, 0) is 16.4 Å². The SMILES string of the molecule is CN1CCC(Nc2cccc3c2cc(-c2nc(CNc4ccc(S(C)(=O)=O)cc4)no2)n3C(F)C(F)F)CC1. The molecule has 0 amide bonds. The molecule has 2 N–H and O–H groups in total. The van der Waals surface area contributed by atoms with E-state index in [1.165, 1.54) is 12.1 Å². The van der Waals surface area contributed by atoms with Gasteiger partial charge in [-0.3, -0.25) is 0 Å². The van der Waals surface area contributed by atoms with Gasteiger partial charge in [-0.2, -0.15) is 4.98 Å². The van der Waals surface area contributed by atoms with Gasteiger partial charge in [-0.05, 0) is 75.4 Å².